The van der Waals surface area contributed by atoms with Crippen LogP contribution < -0.4 is 5.32 Å². The van der Waals surface area contributed by atoms with Crippen LogP contribution in [0.5, 0.6) is 0 Å². The Bertz CT molecular complexity index is 455. The monoisotopic (exact) mass is 262 g/mol. The van der Waals surface area contributed by atoms with E-state index in [0.717, 1.165) is 17.9 Å². The minimum absolute atomic E-state index is 0.433. The lowest BCUT2D eigenvalue weighted by atomic mass is 10.2. The van der Waals surface area contributed by atoms with Crippen molar-refractivity contribution in [1.82, 2.24) is 9.97 Å². The molecule has 96 valence electrons. The van der Waals surface area contributed by atoms with Gasteiger partial charge in [-0.2, -0.15) is 17.0 Å². The van der Waals surface area contributed by atoms with Gasteiger partial charge in [0.15, 0.2) is 0 Å². The van der Waals surface area contributed by atoms with Crippen molar-refractivity contribution >= 4 is 17.7 Å². The minimum Gasteiger partial charge on any atom is -0.350 e. The molecule has 0 saturated heterocycles. The zero-order valence-corrected chi connectivity index (χ0v) is 11.6. The molecular formula is C13H18N4S. The molecule has 1 aromatic rings. The second-order valence-corrected chi connectivity index (χ2v) is 6.02. The molecule has 4 nitrogen and oxygen atoms in total. The van der Waals surface area contributed by atoms with E-state index in [4.69, 9.17) is 5.26 Å². The van der Waals surface area contributed by atoms with Crippen LogP contribution in [0.4, 0.5) is 5.95 Å². The summed E-state index contributed by atoms with van der Waals surface area (Å²) < 4.78 is 0. The predicted octanol–water partition coefficient (Wildman–Crippen LogP) is 2.74. The predicted molar refractivity (Wildman–Crippen MR) is 74.7 cm³/mol. The standard InChI is InChI=1S/C13H18N4S/c1-3-18-12-6-4-5-11(12)17-13-15-9(2)7-10(8-14)16-13/h7,11-12H,3-6H2,1-2H3,(H,15,16,17). The van der Waals surface area contributed by atoms with Gasteiger partial charge in [0.25, 0.3) is 0 Å². The highest BCUT2D eigenvalue weighted by Crippen LogP contribution is 2.31. The van der Waals surface area contributed by atoms with Gasteiger partial charge >= 0.3 is 0 Å². The van der Waals surface area contributed by atoms with Crippen LogP contribution in [0.1, 0.15) is 37.6 Å². The average Bonchev–Trinajstić information content (AvgIpc) is 2.76. The number of anilines is 1. The number of hydrogen-bond donors (Lipinski definition) is 1. The van der Waals surface area contributed by atoms with E-state index >= 15 is 0 Å². The lowest BCUT2D eigenvalue weighted by molar-refractivity contribution is 0.754. The van der Waals surface area contributed by atoms with Gasteiger partial charge in [-0.15, -0.1) is 0 Å². The summed E-state index contributed by atoms with van der Waals surface area (Å²) in [6.07, 6.45) is 3.68. The minimum atomic E-state index is 0.433. The van der Waals surface area contributed by atoms with Crippen LogP contribution >= 0.6 is 11.8 Å². The second-order valence-electron chi connectivity index (χ2n) is 4.51. The maximum absolute atomic E-state index is 8.91. The molecule has 2 atom stereocenters. The zero-order valence-electron chi connectivity index (χ0n) is 10.8. The summed E-state index contributed by atoms with van der Waals surface area (Å²) in [4.78, 5) is 8.57. The first-order valence-corrected chi connectivity index (χ1v) is 7.41. The summed E-state index contributed by atoms with van der Waals surface area (Å²) >= 11 is 2.00. The summed E-state index contributed by atoms with van der Waals surface area (Å²) in [5, 5.41) is 13.0. The van der Waals surface area contributed by atoms with E-state index in [1.165, 1.54) is 12.8 Å². The van der Waals surface area contributed by atoms with Gasteiger partial charge in [0, 0.05) is 17.0 Å². The Morgan fingerprint density at radius 2 is 2.33 bits per heavy atom. The highest BCUT2D eigenvalue weighted by atomic mass is 32.2. The first-order valence-electron chi connectivity index (χ1n) is 6.37. The van der Waals surface area contributed by atoms with Crippen molar-refractivity contribution in [3.8, 4) is 6.07 Å². The summed E-state index contributed by atoms with van der Waals surface area (Å²) in [5.41, 5.74) is 1.27. The molecule has 0 spiro atoms. The van der Waals surface area contributed by atoms with Crippen molar-refractivity contribution in [2.24, 2.45) is 0 Å². The maximum atomic E-state index is 8.91. The van der Waals surface area contributed by atoms with Crippen molar-refractivity contribution in [3.63, 3.8) is 0 Å². The number of nitrogens with one attached hydrogen (secondary N) is 1. The first-order chi connectivity index (χ1) is 8.72. The van der Waals surface area contributed by atoms with E-state index in [1.54, 1.807) is 6.07 Å². The number of hydrogen-bond acceptors (Lipinski definition) is 5. The second kappa shape index (κ2) is 6.05. The van der Waals surface area contributed by atoms with E-state index in [2.05, 4.69) is 28.3 Å². The number of thioether (sulfide) groups is 1. The molecule has 1 saturated carbocycles. The van der Waals surface area contributed by atoms with Crippen LogP contribution in [-0.2, 0) is 0 Å². The van der Waals surface area contributed by atoms with Crippen LogP contribution in [0.2, 0.25) is 0 Å². The Labute approximate surface area is 112 Å². The number of aryl methyl sites for hydroxylation is 1. The maximum Gasteiger partial charge on any atom is 0.224 e. The Kier molecular flexibility index (Phi) is 4.43. The fourth-order valence-electron chi connectivity index (χ4n) is 2.36. The van der Waals surface area contributed by atoms with Crippen LogP contribution in [0, 0.1) is 18.3 Å². The normalized spacial score (nSPS) is 22.7. The number of aromatic nitrogens is 2. The van der Waals surface area contributed by atoms with E-state index < -0.39 is 0 Å². The Morgan fingerprint density at radius 3 is 3.06 bits per heavy atom. The molecular weight excluding hydrogens is 244 g/mol. The SMILES string of the molecule is CCSC1CCCC1Nc1nc(C)cc(C#N)n1. The van der Waals surface area contributed by atoms with Crippen LogP contribution in [0.15, 0.2) is 6.07 Å². The quantitative estimate of drug-likeness (QED) is 0.904. The van der Waals surface area contributed by atoms with Crippen molar-refractivity contribution in [1.29, 1.82) is 5.26 Å². The summed E-state index contributed by atoms with van der Waals surface area (Å²) in [6, 6.07) is 4.21. The third kappa shape index (κ3) is 3.14. The fraction of sp³-hybridized carbons (Fsp3) is 0.615. The van der Waals surface area contributed by atoms with Gasteiger partial charge in [0.1, 0.15) is 11.8 Å². The van der Waals surface area contributed by atoms with E-state index in [1.807, 2.05) is 18.7 Å². The number of nitriles is 1. The third-order valence-electron chi connectivity index (χ3n) is 3.12. The molecule has 1 heterocycles. The van der Waals surface area contributed by atoms with E-state index in [-0.39, 0.29) is 0 Å². The van der Waals surface area contributed by atoms with Gasteiger partial charge < -0.3 is 5.32 Å². The molecule has 1 aromatic heterocycles. The topological polar surface area (TPSA) is 61.6 Å². The molecule has 0 amide bonds. The largest absolute Gasteiger partial charge is 0.350 e. The Balaban J connectivity index is 2.09. The molecule has 0 aliphatic heterocycles. The highest BCUT2D eigenvalue weighted by molar-refractivity contribution is 7.99. The van der Waals surface area contributed by atoms with Gasteiger partial charge in [-0.1, -0.05) is 13.3 Å². The van der Waals surface area contributed by atoms with Crippen LogP contribution in [-0.4, -0.2) is 27.0 Å². The average molecular weight is 262 g/mol. The Morgan fingerprint density at radius 1 is 1.50 bits per heavy atom. The molecule has 1 fully saturated rings. The van der Waals surface area contributed by atoms with Crippen molar-refractivity contribution in [2.75, 3.05) is 11.1 Å². The molecule has 1 aliphatic rings. The molecule has 1 N–H and O–H groups in total. The first kappa shape index (κ1) is 13.2. The lowest BCUT2D eigenvalue weighted by Crippen LogP contribution is -2.27. The van der Waals surface area contributed by atoms with Crippen LogP contribution in [0.3, 0.4) is 0 Å². The molecule has 1 aliphatic carbocycles. The molecule has 0 radical (unpaired) electrons. The smallest absolute Gasteiger partial charge is 0.224 e. The van der Waals surface area contributed by atoms with Crippen molar-refractivity contribution in [3.05, 3.63) is 17.5 Å². The van der Waals surface area contributed by atoms with Gasteiger partial charge in [0.2, 0.25) is 5.95 Å². The fourth-order valence-corrected chi connectivity index (χ4v) is 3.56. The van der Waals surface area contributed by atoms with Crippen molar-refractivity contribution in [2.45, 2.75) is 44.4 Å². The molecule has 0 aromatic carbocycles. The zero-order chi connectivity index (χ0) is 13.0. The summed E-state index contributed by atoms with van der Waals surface area (Å²) in [7, 11) is 0. The number of nitrogens with zero attached hydrogens (tertiary/aromatic N) is 3. The molecule has 2 rings (SSSR count). The molecule has 0 bridgehead atoms. The molecule has 5 heteroatoms. The van der Waals surface area contributed by atoms with E-state index in [0.29, 0.717) is 22.9 Å². The third-order valence-corrected chi connectivity index (χ3v) is 4.44. The van der Waals surface area contributed by atoms with Gasteiger partial charge in [-0.25, -0.2) is 9.97 Å². The van der Waals surface area contributed by atoms with E-state index in [9.17, 15) is 0 Å². The van der Waals surface area contributed by atoms with Gasteiger partial charge in [-0.3, -0.25) is 0 Å². The Hall–Kier alpha value is -1.28. The summed E-state index contributed by atoms with van der Waals surface area (Å²) in [5.74, 6) is 1.74. The lowest BCUT2D eigenvalue weighted by Gasteiger charge is -2.20. The van der Waals surface area contributed by atoms with Gasteiger partial charge in [-0.05, 0) is 31.6 Å². The van der Waals surface area contributed by atoms with Gasteiger partial charge in [0.05, 0.1) is 0 Å². The van der Waals surface area contributed by atoms with Crippen LogP contribution in [0.25, 0.3) is 0 Å². The molecule has 2 unspecified atom stereocenters. The molecule has 18 heavy (non-hydrogen) atoms. The van der Waals surface area contributed by atoms with Crippen molar-refractivity contribution < 1.29 is 0 Å². The number of rotatable bonds is 4. The highest BCUT2D eigenvalue weighted by Gasteiger charge is 2.27. The summed E-state index contributed by atoms with van der Waals surface area (Å²) in [6.45, 7) is 4.08.